The molecule has 1 rings (SSSR count). The predicted octanol–water partition coefficient (Wildman–Crippen LogP) is 0.0531. The Labute approximate surface area is 116 Å². The Bertz CT molecular complexity index is 335. The molecule has 0 amide bonds. The number of nitrogens with one attached hydrogen (secondary N) is 1. The summed E-state index contributed by atoms with van der Waals surface area (Å²) in [6.45, 7) is 2.96. The van der Waals surface area contributed by atoms with Gasteiger partial charge in [0.1, 0.15) is 0 Å². The summed E-state index contributed by atoms with van der Waals surface area (Å²) in [6.07, 6.45) is 2.96. The van der Waals surface area contributed by atoms with Crippen LogP contribution in [0.1, 0.15) is 19.3 Å². The van der Waals surface area contributed by atoms with Gasteiger partial charge in [0.05, 0.1) is 19.0 Å². The van der Waals surface area contributed by atoms with Gasteiger partial charge in [-0.1, -0.05) is 6.42 Å². The zero-order chi connectivity index (χ0) is 14.1. The van der Waals surface area contributed by atoms with E-state index in [1.165, 1.54) is 7.11 Å². The highest BCUT2D eigenvalue weighted by molar-refractivity contribution is 7.89. The van der Waals surface area contributed by atoms with Crippen molar-refractivity contribution in [1.29, 1.82) is 0 Å². The Morgan fingerprint density at radius 2 is 1.95 bits per heavy atom. The maximum Gasteiger partial charge on any atom is 0.216 e. The van der Waals surface area contributed by atoms with Gasteiger partial charge in [0.25, 0.3) is 0 Å². The standard InChI is InChI=1S/C12H26N2O4S/c1-17-8-6-13-11-12-5-3-4-7-14(12)19(15,16)10-9-18-2/h12-13H,3-11H2,1-2H3. The minimum Gasteiger partial charge on any atom is -0.384 e. The topological polar surface area (TPSA) is 67.9 Å². The fourth-order valence-electron chi connectivity index (χ4n) is 2.29. The molecule has 7 heteroatoms. The minimum atomic E-state index is -3.20. The average Bonchev–Trinajstić information content (AvgIpc) is 2.42. The molecule has 0 aromatic carbocycles. The van der Waals surface area contributed by atoms with Crippen molar-refractivity contribution in [3.63, 3.8) is 0 Å². The van der Waals surface area contributed by atoms with Crippen molar-refractivity contribution in [2.45, 2.75) is 25.3 Å². The first-order chi connectivity index (χ1) is 9.11. The monoisotopic (exact) mass is 294 g/mol. The third-order valence-electron chi connectivity index (χ3n) is 3.34. The van der Waals surface area contributed by atoms with E-state index in [0.29, 0.717) is 19.7 Å². The van der Waals surface area contributed by atoms with Gasteiger partial charge in [-0.2, -0.15) is 4.31 Å². The molecular weight excluding hydrogens is 268 g/mol. The van der Waals surface area contributed by atoms with Crippen molar-refractivity contribution in [2.75, 3.05) is 52.8 Å². The molecule has 0 bridgehead atoms. The lowest BCUT2D eigenvalue weighted by Gasteiger charge is -2.34. The Hall–Kier alpha value is -0.210. The number of sulfonamides is 1. The molecule has 1 heterocycles. The van der Waals surface area contributed by atoms with Crippen molar-refractivity contribution < 1.29 is 17.9 Å². The molecule has 1 unspecified atom stereocenters. The van der Waals surface area contributed by atoms with E-state index in [2.05, 4.69) is 5.32 Å². The second kappa shape index (κ2) is 8.86. The van der Waals surface area contributed by atoms with Crippen LogP contribution in [0.3, 0.4) is 0 Å². The summed E-state index contributed by atoms with van der Waals surface area (Å²) >= 11 is 0. The second-order valence-electron chi connectivity index (χ2n) is 4.77. The highest BCUT2D eigenvalue weighted by Gasteiger charge is 2.31. The molecular formula is C12H26N2O4S. The van der Waals surface area contributed by atoms with E-state index in [9.17, 15) is 8.42 Å². The third-order valence-corrected chi connectivity index (χ3v) is 5.22. The highest BCUT2D eigenvalue weighted by Crippen LogP contribution is 2.20. The van der Waals surface area contributed by atoms with Gasteiger partial charge in [0.2, 0.25) is 10.0 Å². The van der Waals surface area contributed by atoms with Crippen LogP contribution >= 0.6 is 0 Å². The van der Waals surface area contributed by atoms with Crippen LogP contribution in [0.4, 0.5) is 0 Å². The summed E-state index contributed by atoms with van der Waals surface area (Å²) in [7, 11) is -0.0204. The highest BCUT2D eigenvalue weighted by atomic mass is 32.2. The van der Waals surface area contributed by atoms with Gasteiger partial charge < -0.3 is 14.8 Å². The predicted molar refractivity (Wildman–Crippen MR) is 74.8 cm³/mol. The summed E-state index contributed by atoms with van der Waals surface area (Å²) < 4.78 is 36.0. The van der Waals surface area contributed by atoms with Gasteiger partial charge in [0.15, 0.2) is 0 Å². The van der Waals surface area contributed by atoms with Crippen molar-refractivity contribution in [1.82, 2.24) is 9.62 Å². The SMILES string of the molecule is COCCNCC1CCCCN1S(=O)(=O)CCOC. The number of hydrogen-bond donors (Lipinski definition) is 1. The first kappa shape index (κ1) is 16.8. The maximum atomic E-state index is 12.2. The molecule has 19 heavy (non-hydrogen) atoms. The van der Waals surface area contributed by atoms with Crippen molar-refractivity contribution in [3.05, 3.63) is 0 Å². The van der Waals surface area contributed by atoms with Gasteiger partial charge in [-0.25, -0.2) is 8.42 Å². The first-order valence-corrected chi connectivity index (χ1v) is 8.41. The molecule has 1 aliphatic rings. The van der Waals surface area contributed by atoms with E-state index in [1.807, 2.05) is 0 Å². The van der Waals surface area contributed by atoms with Gasteiger partial charge >= 0.3 is 0 Å². The maximum absolute atomic E-state index is 12.2. The second-order valence-corrected chi connectivity index (χ2v) is 6.81. The summed E-state index contributed by atoms with van der Waals surface area (Å²) in [5.41, 5.74) is 0. The lowest BCUT2D eigenvalue weighted by molar-refractivity contribution is 0.190. The Balaban J connectivity index is 2.51. The number of hydrogen-bond acceptors (Lipinski definition) is 5. The molecule has 1 saturated heterocycles. The first-order valence-electron chi connectivity index (χ1n) is 6.80. The van der Waals surface area contributed by atoms with Gasteiger partial charge in [-0.3, -0.25) is 0 Å². The summed E-state index contributed by atoms with van der Waals surface area (Å²) in [6, 6.07) is 0.0625. The summed E-state index contributed by atoms with van der Waals surface area (Å²) in [5, 5.41) is 3.25. The lowest BCUT2D eigenvalue weighted by atomic mass is 10.1. The van der Waals surface area contributed by atoms with Crippen molar-refractivity contribution in [3.8, 4) is 0 Å². The van der Waals surface area contributed by atoms with Crippen LogP contribution in [0.15, 0.2) is 0 Å². The Morgan fingerprint density at radius 1 is 1.21 bits per heavy atom. The van der Waals surface area contributed by atoms with E-state index in [0.717, 1.165) is 25.8 Å². The van der Waals surface area contributed by atoms with E-state index >= 15 is 0 Å². The number of rotatable bonds is 9. The summed E-state index contributed by atoms with van der Waals surface area (Å²) in [4.78, 5) is 0. The molecule has 0 spiro atoms. The van der Waals surface area contributed by atoms with Gasteiger partial charge in [-0.15, -0.1) is 0 Å². The molecule has 1 aliphatic heterocycles. The molecule has 0 aromatic heterocycles. The molecule has 6 nitrogen and oxygen atoms in total. The molecule has 114 valence electrons. The van der Waals surface area contributed by atoms with Crippen LogP contribution in [0.2, 0.25) is 0 Å². The largest absolute Gasteiger partial charge is 0.384 e. The third kappa shape index (κ3) is 5.74. The zero-order valence-corrected chi connectivity index (χ0v) is 12.7. The van der Waals surface area contributed by atoms with Crippen LogP contribution in [-0.2, 0) is 19.5 Å². The smallest absolute Gasteiger partial charge is 0.216 e. The number of methoxy groups -OCH3 is 2. The van der Waals surface area contributed by atoms with Crippen LogP contribution in [-0.4, -0.2) is 71.6 Å². The van der Waals surface area contributed by atoms with Crippen LogP contribution in [0, 0.1) is 0 Å². The molecule has 0 radical (unpaired) electrons. The minimum absolute atomic E-state index is 0.0625. The molecule has 0 aromatic rings. The fourth-order valence-corrected chi connectivity index (χ4v) is 3.95. The normalized spacial score (nSPS) is 21.7. The molecule has 1 fully saturated rings. The summed E-state index contributed by atoms with van der Waals surface area (Å²) in [5.74, 6) is 0.0675. The van der Waals surface area contributed by atoms with Crippen molar-refractivity contribution >= 4 is 10.0 Å². The molecule has 1 atom stereocenters. The average molecular weight is 294 g/mol. The molecule has 1 N–H and O–H groups in total. The zero-order valence-electron chi connectivity index (χ0n) is 11.9. The van der Waals surface area contributed by atoms with Crippen molar-refractivity contribution in [2.24, 2.45) is 0 Å². The van der Waals surface area contributed by atoms with Crippen LogP contribution in [0.5, 0.6) is 0 Å². The van der Waals surface area contributed by atoms with E-state index in [1.54, 1.807) is 11.4 Å². The Morgan fingerprint density at radius 3 is 2.63 bits per heavy atom. The van der Waals surface area contributed by atoms with E-state index in [4.69, 9.17) is 9.47 Å². The number of nitrogens with zero attached hydrogens (tertiary/aromatic N) is 1. The lowest BCUT2D eigenvalue weighted by Crippen LogP contribution is -2.49. The van der Waals surface area contributed by atoms with Gasteiger partial charge in [0, 0.05) is 39.9 Å². The molecule has 0 saturated carbocycles. The quantitative estimate of drug-likeness (QED) is 0.609. The van der Waals surface area contributed by atoms with Crippen LogP contribution in [0.25, 0.3) is 0 Å². The molecule has 0 aliphatic carbocycles. The van der Waals surface area contributed by atoms with E-state index in [-0.39, 0.29) is 18.4 Å². The fraction of sp³-hybridized carbons (Fsp3) is 1.00. The van der Waals surface area contributed by atoms with Crippen LogP contribution < -0.4 is 5.32 Å². The van der Waals surface area contributed by atoms with E-state index < -0.39 is 10.0 Å². The number of ether oxygens (including phenoxy) is 2. The van der Waals surface area contributed by atoms with Gasteiger partial charge in [-0.05, 0) is 12.8 Å². The Kier molecular flexibility index (Phi) is 7.86. The number of piperidine rings is 1.